The van der Waals surface area contributed by atoms with Gasteiger partial charge in [0.15, 0.2) is 0 Å². The Bertz CT molecular complexity index is 457. The van der Waals surface area contributed by atoms with Gasteiger partial charge < -0.3 is 10.0 Å². The molecule has 5 heteroatoms. The molecule has 0 aromatic heterocycles. The van der Waals surface area contributed by atoms with Crippen molar-refractivity contribution in [1.82, 2.24) is 4.90 Å². The number of amides is 1. The summed E-state index contributed by atoms with van der Waals surface area (Å²) in [5, 5.41) is 9.65. The van der Waals surface area contributed by atoms with E-state index in [0.29, 0.717) is 6.42 Å². The molecule has 0 aliphatic heterocycles. The van der Waals surface area contributed by atoms with Gasteiger partial charge in [0.25, 0.3) is 0 Å². The van der Waals surface area contributed by atoms with Crippen LogP contribution < -0.4 is 0 Å². The Morgan fingerprint density at radius 3 is 2.68 bits per heavy atom. The Labute approximate surface area is 121 Å². The van der Waals surface area contributed by atoms with Crippen LogP contribution in [0.1, 0.15) is 25.8 Å². The minimum atomic E-state index is -0.913. The summed E-state index contributed by atoms with van der Waals surface area (Å²) in [5.41, 5.74) is -0.144. The lowest BCUT2D eigenvalue weighted by Crippen LogP contribution is -2.39. The Kier molecular flexibility index (Phi) is 5.50. The minimum absolute atomic E-state index is 0.0710. The Balaban J connectivity index is 2.57. The van der Waals surface area contributed by atoms with E-state index in [0.717, 1.165) is 10.0 Å². The van der Waals surface area contributed by atoms with Crippen molar-refractivity contribution in [2.75, 3.05) is 13.6 Å². The first-order valence-corrected chi connectivity index (χ1v) is 6.88. The van der Waals surface area contributed by atoms with Crippen LogP contribution in [0.2, 0.25) is 0 Å². The Morgan fingerprint density at radius 1 is 1.47 bits per heavy atom. The van der Waals surface area contributed by atoms with Crippen molar-refractivity contribution in [2.24, 2.45) is 0 Å². The summed E-state index contributed by atoms with van der Waals surface area (Å²) in [6.07, 6.45) is 0.752. The molecule has 0 spiro atoms. The molecule has 19 heavy (non-hydrogen) atoms. The number of carbonyl (C=O) groups excluding carboxylic acids is 1. The summed E-state index contributed by atoms with van der Waals surface area (Å²) in [7, 11) is 1.65. The van der Waals surface area contributed by atoms with Gasteiger partial charge in [0, 0.05) is 24.5 Å². The number of nitrogens with zero attached hydrogens (tertiary/aromatic N) is 1. The van der Waals surface area contributed by atoms with Gasteiger partial charge in [-0.05, 0) is 44.0 Å². The molecule has 0 saturated carbocycles. The molecule has 1 aromatic rings. The molecule has 0 unspecified atom stereocenters. The van der Waals surface area contributed by atoms with Gasteiger partial charge in [0.1, 0.15) is 5.82 Å². The third-order valence-corrected chi connectivity index (χ3v) is 3.44. The van der Waals surface area contributed by atoms with Gasteiger partial charge in [0.05, 0.1) is 5.60 Å². The first kappa shape index (κ1) is 16.1. The normalized spacial score (nSPS) is 11.5. The van der Waals surface area contributed by atoms with E-state index in [2.05, 4.69) is 15.9 Å². The molecule has 0 saturated heterocycles. The van der Waals surface area contributed by atoms with Crippen LogP contribution in [0.25, 0.3) is 0 Å². The number of hydrogen-bond acceptors (Lipinski definition) is 2. The number of aryl methyl sites for hydroxylation is 1. The van der Waals surface area contributed by atoms with E-state index in [-0.39, 0.29) is 24.7 Å². The second-order valence-corrected chi connectivity index (χ2v) is 6.15. The van der Waals surface area contributed by atoms with E-state index in [1.165, 1.54) is 17.0 Å². The van der Waals surface area contributed by atoms with Crippen molar-refractivity contribution in [1.29, 1.82) is 0 Å². The molecule has 0 radical (unpaired) electrons. The molecule has 3 nitrogen and oxygen atoms in total. The molecule has 0 atom stereocenters. The summed E-state index contributed by atoms with van der Waals surface area (Å²) in [4.78, 5) is 13.4. The number of aliphatic hydroxyl groups is 1. The summed E-state index contributed by atoms with van der Waals surface area (Å²) in [6.45, 7) is 3.58. The van der Waals surface area contributed by atoms with Crippen molar-refractivity contribution >= 4 is 21.8 Å². The highest BCUT2D eigenvalue weighted by atomic mass is 79.9. The van der Waals surface area contributed by atoms with Crippen LogP contribution in [-0.4, -0.2) is 35.1 Å². The van der Waals surface area contributed by atoms with Gasteiger partial charge in [-0.1, -0.05) is 15.9 Å². The summed E-state index contributed by atoms with van der Waals surface area (Å²) in [6, 6.07) is 4.43. The third kappa shape index (κ3) is 5.70. The first-order valence-electron chi connectivity index (χ1n) is 6.09. The smallest absolute Gasteiger partial charge is 0.222 e. The second-order valence-electron chi connectivity index (χ2n) is 5.30. The van der Waals surface area contributed by atoms with Crippen molar-refractivity contribution in [2.45, 2.75) is 32.3 Å². The lowest BCUT2D eigenvalue weighted by atomic mass is 10.1. The topological polar surface area (TPSA) is 40.5 Å². The molecule has 0 aliphatic rings. The zero-order chi connectivity index (χ0) is 14.6. The molecule has 1 amide bonds. The zero-order valence-electron chi connectivity index (χ0n) is 11.4. The number of benzene rings is 1. The van der Waals surface area contributed by atoms with Crippen LogP contribution in [0.3, 0.4) is 0 Å². The van der Waals surface area contributed by atoms with E-state index >= 15 is 0 Å². The molecule has 106 valence electrons. The van der Waals surface area contributed by atoms with Gasteiger partial charge in [0.2, 0.25) is 5.91 Å². The highest BCUT2D eigenvalue weighted by molar-refractivity contribution is 9.10. The second kappa shape index (κ2) is 6.48. The highest BCUT2D eigenvalue weighted by Crippen LogP contribution is 2.19. The fourth-order valence-electron chi connectivity index (χ4n) is 1.84. The average Bonchev–Trinajstić information content (AvgIpc) is 2.27. The lowest BCUT2D eigenvalue weighted by Gasteiger charge is -2.25. The monoisotopic (exact) mass is 331 g/mol. The number of carbonyl (C=O) groups is 1. The van der Waals surface area contributed by atoms with Crippen LogP contribution in [-0.2, 0) is 11.2 Å². The molecule has 1 N–H and O–H groups in total. The van der Waals surface area contributed by atoms with Gasteiger partial charge in [-0.2, -0.15) is 0 Å². The maximum absolute atomic E-state index is 13.1. The predicted molar refractivity (Wildman–Crippen MR) is 76.4 cm³/mol. The minimum Gasteiger partial charge on any atom is -0.389 e. The van der Waals surface area contributed by atoms with Crippen LogP contribution in [0, 0.1) is 5.82 Å². The van der Waals surface area contributed by atoms with Gasteiger partial charge >= 0.3 is 0 Å². The Hall–Kier alpha value is -0.940. The molecule has 0 fully saturated rings. The number of likely N-dealkylation sites (N-methyl/N-ethyl adjacent to an activating group) is 1. The SMILES string of the molecule is CN(CC(C)(C)O)C(=O)CCc1cc(F)ccc1Br. The summed E-state index contributed by atoms with van der Waals surface area (Å²) in [5.74, 6) is -0.381. The standard InChI is InChI=1S/C14H19BrFNO2/c1-14(2,19)9-17(3)13(18)7-4-10-8-11(16)5-6-12(10)15/h5-6,8,19H,4,7,9H2,1-3H3. The van der Waals surface area contributed by atoms with Crippen molar-refractivity contribution < 1.29 is 14.3 Å². The lowest BCUT2D eigenvalue weighted by molar-refractivity contribution is -0.132. The van der Waals surface area contributed by atoms with Crippen LogP contribution in [0.15, 0.2) is 22.7 Å². The maximum Gasteiger partial charge on any atom is 0.222 e. The molecule has 1 aromatic carbocycles. The van der Waals surface area contributed by atoms with Crippen molar-refractivity contribution in [3.05, 3.63) is 34.1 Å². The average molecular weight is 332 g/mol. The Morgan fingerprint density at radius 2 is 2.11 bits per heavy atom. The summed E-state index contributed by atoms with van der Waals surface area (Å²) < 4.78 is 13.9. The van der Waals surface area contributed by atoms with Crippen molar-refractivity contribution in [3.8, 4) is 0 Å². The first-order chi connectivity index (χ1) is 8.69. The molecule has 0 aliphatic carbocycles. The summed E-state index contributed by atoms with van der Waals surface area (Å²) >= 11 is 3.33. The number of hydrogen-bond donors (Lipinski definition) is 1. The van der Waals surface area contributed by atoms with Gasteiger partial charge in [-0.3, -0.25) is 4.79 Å². The number of rotatable bonds is 5. The van der Waals surface area contributed by atoms with Gasteiger partial charge in [-0.25, -0.2) is 4.39 Å². The highest BCUT2D eigenvalue weighted by Gasteiger charge is 2.19. The third-order valence-electron chi connectivity index (χ3n) is 2.67. The van der Waals surface area contributed by atoms with Gasteiger partial charge in [-0.15, -0.1) is 0 Å². The molecular formula is C14H19BrFNO2. The van der Waals surface area contributed by atoms with E-state index in [1.54, 1.807) is 27.0 Å². The zero-order valence-corrected chi connectivity index (χ0v) is 13.0. The molecule has 0 bridgehead atoms. The molecule has 0 heterocycles. The maximum atomic E-state index is 13.1. The van der Waals surface area contributed by atoms with E-state index in [4.69, 9.17) is 0 Å². The fourth-order valence-corrected chi connectivity index (χ4v) is 2.28. The fraction of sp³-hybridized carbons (Fsp3) is 0.500. The van der Waals surface area contributed by atoms with Crippen molar-refractivity contribution in [3.63, 3.8) is 0 Å². The molecular weight excluding hydrogens is 313 g/mol. The van der Waals surface area contributed by atoms with Crippen LogP contribution in [0.4, 0.5) is 4.39 Å². The van der Waals surface area contributed by atoms with E-state index in [1.807, 2.05) is 0 Å². The molecule has 1 rings (SSSR count). The number of halogens is 2. The largest absolute Gasteiger partial charge is 0.389 e. The van der Waals surface area contributed by atoms with Crippen LogP contribution in [0.5, 0.6) is 0 Å². The van der Waals surface area contributed by atoms with E-state index < -0.39 is 5.60 Å². The van der Waals surface area contributed by atoms with E-state index in [9.17, 15) is 14.3 Å². The quantitative estimate of drug-likeness (QED) is 0.901. The van der Waals surface area contributed by atoms with Crippen LogP contribution >= 0.6 is 15.9 Å². The predicted octanol–water partition coefficient (Wildman–Crippen LogP) is 2.75.